The van der Waals surface area contributed by atoms with Gasteiger partial charge in [0.15, 0.2) is 0 Å². The molecule has 0 spiro atoms. The average molecular weight is 589 g/mol. The Morgan fingerprint density at radius 3 is 2.12 bits per heavy atom. The number of piperazine rings is 1. The van der Waals surface area contributed by atoms with Gasteiger partial charge in [0.05, 0.1) is 20.6 Å². The Labute approximate surface area is 175 Å². The van der Waals surface area contributed by atoms with Crippen molar-refractivity contribution >= 4 is 80.7 Å². The van der Waals surface area contributed by atoms with E-state index in [1.807, 2.05) is 0 Å². The van der Waals surface area contributed by atoms with Crippen LogP contribution in [0.2, 0.25) is 0 Å². The monoisotopic (exact) mass is 585 g/mol. The maximum Gasteiger partial charge on any atom is 0.203 e. The predicted octanol–water partition coefficient (Wildman–Crippen LogP) is 4.68. The van der Waals surface area contributed by atoms with Crippen molar-refractivity contribution in [1.29, 1.82) is 0 Å². The Kier molecular flexibility index (Phi) is 5.99. The molecule has 9 heteroatoms. The summed E-state index contributed by atoms with van der Waals surface area (Å²) < 4.78 is 3.82. The first-order chi connectivity index (χ1) is 11.3. The van der Waals surface area contributed by atoms with E-state index in [1.165, 1.54) is 0 Å². The molecule has 2 heterocycles. The minimum Gasteiger partial charge on any atom is -0.340 e. The van der Waals surface area contributed by atoms with Crippen molar-refractivity contribution in [1.82, 2.24) is 14.9 Å². The van der Waals surface area contributed by atoms with Crippen LogP contribution in [0.1, 0.15) is 13.8 Å². The largest absolute Gasteiger partial charge is 0.340 e. The summed E-state index contributed by atoms with van der Waals surface area (Å²) >= 11 is 14.4. The maximum absolute atomic E-state index is 6.27. The second-order valence-corrected chi connectivity index (χ2v) is 9.47. The molecule has 2 aromatic rings. The number of fused-ring (bicyclic) bond motifs is 1. The van der Waals surface area contributed by atoms with Gasteiger partial charge in [0.25, 0.3) is 0 Å². The summed E-state index contributed by atoms with van der Waals surface area (Å²) in [6.45, 7) is 8.07. The van der Waals surface area contributed by atoms with Crippen molar-refractivity contribution in [3.63, 3.8) is 0 Å². The Bertz CT molecular complexity index is 707. The normalized spacial score (nSPS) is 17.9. The van der Waals surface area contributed by atoms with Crippen LogP contribution in [0.25, 0.3) is 11.0 Å². The number of halogens is 4. The number of nitrogens with one attached hydrogen (secondary N) is 1. The third-order valence-corrected chi connectivity index (χ3v) is 9.16. The molecule has 5 nitrogen and oxygen atoms in total. The first-order valence-corrected chi connectivity index (χ1v) is 10.9. The lowest BCUT2D eigenvalue weighted by molar-refractivity contribution is 0.150. The third-order valence-electron chi connectivity index (χ3n) is 4.42. The molecule has 0 saturated carbocycles. The Balaban J connectivity index is 1.85. The lowest BCUT2D eigenvalue weighted by atomic mass is 10.1. The van der Waals surface area contributed by atoms with Gasteiger partial charge in [-0.15, -0.1) is 0 Å². The van der Waals surface area contributed by atoms with E-state index in [2.05, 4.69) is 92.4 Å². The van der Waals surface area contributed by atoms with Crippen LogP contribution in [0.5, 0.6) is 0 Å². The number of aromatic amines is 1. The summed E-state index contributed by atoms with van der Waals surface area (Å²) in [4.78, 5) is 12.9. The maximum atomic E-state index is 6.27. The highest BCUT2D eigenvalue weighted by Crippen LogP contribution is 2.43. The van der Waals surface area contributed by atoms with Crippen LogP contribution in [0, 0.1) is 5.92 Å². The van der Waals surface area contributed by atoms with Gasteiger partial charge in [-0.3, -0.25) is 4.90 Å². The van der Waals surface area contributed by atoms with Crippen molar-refractivity contribution in [2.45, 2.75) is 20.0 Å². The van der Waals surface area contributed by atoms with Crippen LogP contribution < -0.4 is 10.6 Å². The van der Waals surface area contributed by atoms with Gasteiger partial charge >= 0.3 is 0 Å². The third kappa shape index (κ3) is 3.44. The molecule has 1 aliphatic rings. The van der Waals surface area contributed by atoms with E-state index in [9.17, 15) is 0 Å². The fourth-order valence-electron chi connectivity index (χ4n) is 2.89. The van der Waals surface area contributed by atoms with Gasteiger partial charge in [-0.2, -0.15) is 0 Å². The van der Waals surface area contributed by atoms with E-state index < -0.39 is 0 Å². The number of benzene rings is 1. The number of hydrogen-bond acceptors (Lipinski definition) is 4. The molecule has 1 aromatic carbocycles. The van der Waals surface area contributed by atoms with Gasteiger partial charge in [0.1, 0.15) is 5.52 Å². The lowest BCUT2D eigenvalue weighted by Gasteiger charge is -2.39. The first kappa shape index (κ1) is 19.1. The molecule has 1 fully saturated rings. The van der Waals surface area contributed by atoms with Crippen LogP contribution in [0.15, 0.2) is 17.9 Å². The minimum atomic E-state index is 0.123. The molecule has 0 radical (unpaired) electrons. The Morgan fingerprint density at radius 2 is 1.54 bits per heavy atom. The summed E-state index contributed by atoms with van der Waals surface area (Å²) in [5.74, 6) is 1.36. The number of nitrogens with zero attached hydrogens (tertiary/aromatic N) is 3. The zero-order valence-corrected chi connectivity index (χ0v) is 19.8. The van der Waals surface area contributed by atoms with Crippen molar-refractivity contribution in [2.75, 3.05) is 31.1 Å². The fourth-order valence-corrected chi connectivity index (χ4v) is 5.17. The number of aromatic nitrogens is 2. The van der Waals surface area contributed by atoms with Gasteiger partial charge in [0.2, 0.25) is 5.95 Å². The fraction of sp³-hybridized carbons (Fsp3) is 0.533. The van der Waals surface area contributed by atoms with E-state index in [-0.39, 0.29) is 6.17 Å². The molecule has 1 atom stereocenters. The molecule has 1 aromatic heterocycles. The highest BCUT2D eigenvalue weighted by Gasteiger charge is 2.25. The Morgan fingerprint density at radius 1 is 0.958 bits per heavy atom. The molecule has 0 bridgehead atoms. The smallest absolute Gasteiger partial charge is 0.203 e. The van der Waals surface area contributed by atoms with Crippen LogP contribution in [-0.2, 0) is 0 Å². The van der Waals surface area contributed by atoms with E-state index >= 15 is 0 Å². The van der Waals surface area contributed by atoms with Crippen LogP contribution in [0.3, 0.4) is 0 Å². The molecule has 1 unspecified atom stereocenters. The molecular weight excluding hydrogens is 570 g/mol. The van der Waals surface area contributed by atoms with E-state index in [1.54, 1.807) is 0 Å². The average Bonchev–Trinajstić information content (AvgIpc) is 3.03. The van der Waals surface area contributed by atoms with Gasteiger partial charge in [-0.05, 0) is 69.6 Å². The number of hydrogen-bond donors (Lipinski definition) is 2. The van der Waals surface area contributed by atoms with E-state index in [0.29, 0.717) is 5.92 Å². The molecule has 132 valence electrons. The summed E-state index contributed by atoms with van der Waals surface area (Å²) in [5, 5.41) is 0. The van der Waals surface area contributed by atoms with Gasteiger partial charge in [0, 0.05) is 35.1 Å². The number of H-pyrrole nitrogens is 1. The van der Waals surface area contributed by atoms with Crippen molar-refractivity contribution in [2.24, 2.45) is 11.7 Å². The van der Waals surface area contributed by atoms with E-state index in [4.69, 9.17) is 10.7 Å². The predicted molar refractivity (Wildman–Crippen MR) is 113 cm³/mol. The molecule has 3 rings (SSSR count). The molecule has 0 aliphatic carbocycles. The lowest BCUT2D eigenvalue weighted by Crippen LogP contribution is -2.55. The second kappa shape index (κ2) is 7.52. The molecule has 1 saturated heterocycles. The molecule has 1 aliphatic heterocycles. The van der Waals surface area contributed by atoms with Gasteiger partial charge in [-0.25, -0.2) is 4.98 Å². The second-order valence-electron chi connectivity index (χ2n) is 6.30. The quantitative estimate of drug-likeness (QED) is 0.404. The highest BCUT2D eigenvalue weighted by atomic mass is 79.9. The Hall–Kier alpha value is 0.330. The van der Waals surface area contributed by atoms with Crippen LogP contribution >= 0.6 is 63.7 Å². The molecule has 3 N–H and O–H groups in total. The van der Waals surface area contributed by atoms with Gasteiger partial charge < -0.3 is 15.6 Å². The topological polar surface area (TPSA) is 61.2 Å². The number of anilines is 1. The van der Waals surface area contributed by atoms with E-state index in [0.717, 1.165) is 61.1 Å². The molecular formula is C15H19Br4N5. The van der Waals surface area contributed by atoms with Crippen molar-refractivity contribution < 1.29 is 0 Å². The number of nitrogens with two attached hydrogens (primary N) is 1. The van der Waals surface area contributed by atoms with Crippen molar-refractivity contribution in [3.8, 4) is 0 Å². The summed E-state index contributed by atoms with van der Waals surface area (Å²) in [5.41, 5.74) is 8.16. The number of imidazole rings is 1. The molecule has 24 heavy (non-hydrogen) atoms. The SMILES string of the molecule is CC(C)C(N)N1CCN(c2nc3c(Br)c(Br)c(Br)c(Br)c3[nH]2)CC1. The standard InChI is InChI=1S/C15H19Br4N5/c1-7(2)14(20)23-3-5-24(6-4-23)15-21-12-10(18)8(16)9(17)11(19)13(12)22-15/h7,14H,3-6,20H2,1-2H3,(H,21,22). The van der Waals surface area contributed by atoms with Crippen LogP contribution in [-0.4, -0.2) is 47.2 Å². The first-order valence-electron chi connectivity index (χ1n) is 7.77. The summed E-state index contributed by atoms with van der Waals surface area (Å²) in [7, 11) is 0. The van der Waals surface area contributed by atoms with Crippen molar-refractivity contribution in [3.05, 3.63) is 17.9 Å². The summed E-state index contributed by atoms with van der Waals surface area (Å²) in [6.07, 6.45) is 0.123. The molecule has 0 amide bonds. The highest BCUT2D eigenvalue weighted by molar-refractivity contribution is 9.15. The minimum absolute atomic E-state index is 0.123. The number of rotatable bonds is 3. The van der Waals surface area contributed by atoms with Gasteiger partial charge in [-0.1, -0.05) is 13.8 Å². The summed E-state index contributed by atoms with van der Waals surface area (Å²) in [6, 6.07) is 0. The van der Waals surface area contributed by atoms with Crippen LogP contribution in [0.4, 0.5) is 5.95 Å². The zero-order valence-electron chi connectivity index (χ0n) is 13.4. The zero-order chi connectivity index (χ0) is 17.6.